The number of nitrogens with zero attached hydrogens (tertiary/aromatic N) is 2. The lowest BCUT2D eigenvalue weighted by Crippen LogP contribution is -2.54. The smallest absolute Gasteiger partial charge is 0.174 e. The van der Waals surface area contributed by atoms with E-state index in [9.17, 15) is 5.11 Å². The van der Waals surface area contributed by atoms with Crippen molar-refractivity contribution in [2.75, 3.05) is 37.5 Å². The van der Waals surface area contributed by atoms with E-state index in [1.165, 1.54) is 20.3 Å². The first-order valence-corrected chi connectivity index (χ1v) is 12.8. The summed E-state index contributed by atoms with van der Waals surface area (Å²) in [6.07, 6.45) is -0.967. The molecule has 200 valence electrons. The van der Waals surface area contributed by atoms with Gasteiger partial charge in [-0.05, 0) is 43.7 Å². The molecule has 2 heterocycles. The van der Waals surface area contributed by atoms with Gasteiger partial charge in [0.2, 0.25) is 0 Å². The summed E-state index contributed by atoms with van der Waals surface area (Å²) in [5, 5.41) is 25.6. The number of benzene rings is 3. The minimum absolute atomic E-state index is 0.0310. The van der Waals surface area contributed by atoms with Gasteiger partial charge in [0.15, 0.2) is 23.6 Å². The molecule has 0 saturated carbocycles. The standard InChI is InChI=1S/C28H31ClFN5O3/c1-15-13-35(14-16(2)31-15)19-8-5-17(6-9-19)28(36)32-27-20-10-7-18(11-21(20)33-34-27)24-25(29)22(37-3)12-23(38-4)26(24)30/h5-12,15-16,28,31,36H,13-14H2,1-4H3,(H2,32,33,34)/t15-,16+,28?. The molecule has 1 aliphatic rings. The number of hydrogen-bond acceptors (Lipinski definition) is 7. The van der Waals surface area contributed by atoms with Crippen molar-refractivity contribution in [2.45, 2.75) is 32.2 Å². The number of hydrogen-bond donors (Lipinski definition) is 4. The molecule has 0 bridgehead atoms. The Labute approximate surface area is 225 Å². The maximum absolute atomic E-state index is 15.1. The van der Waals surface area contributed by atoms with Gasteiger partial charge in [-0.25, -0.2) is 4.39 Å². The van der Waals surface area contributed by atoms with Crippen molar-refractivity contribution in [3.05, 3.63) is 64.9 Å². The average molecular weight is 540 g/mol. The summed E-state index contributed by atoms with van der Waals surface area (Å²) in [5.41, 5.74) is 3.18. The highest BCUT2D eigenvalue weighted by Gasteiger charge is 2.23. The second-order valence-electron chi connectivity index (χ2n) is 9.63. The predicted octanol–water partition coefficient (Wildman–Crippen LogP) is 5.33. The fraction of sp³-hybridized carbons (Fsp3) is 0.321. The number of aliphatic hydroxyl groups is 1. The summed E-state index contributed by atoms with van der Waals surface area (Å²) in [6.45, 7) is 6.23. The van der Waals surface area contributed by atoms with E-state index in [1.807, 2.05) is 24.3 Å². The van der Waals surface area contributed by atoms with Crippen LogP contribution in [-0.4, -0.2) is 54.7 Å². The first-order valence-electron chi connectivity index (χ1n) is 12.4. The number of nitrogens with one attached hydrogen (secondary N) is 3. The van der Waals surface area contributed by atoms with Crippen LogP contribution in [-0.2, 0) is 0 Å². The van der Waals surface area contributed by atoms with Gasteiger partial charge in [-0.15, -0.1) is 0 Å². The number of aromatic nitrogens is 2. The molecule has 0 aliphatic carbocycles. The van der Waals surface area contributed by atoms with Crippen molar-refractivity contribution in [1.82, 2.24) is 15.5 Å². The van der Waals surface area contributed by atoms with Gasteiger partial charge < -0.3 is 30.1 Å². The fourth-order valence-electron chi connectivity index (χ4n) is 5.04. The highest BCUT2D eigenvalue weighted by Crippen LogP contribution is 2.43. The third kappa shape index (κ3) is 4.97. The van der Waals surface area contributed by atoms with Crippen LogP contribution < -0.4 is 25.0 Å². The van der Waals surface area contributed by atoms with Gasteiger partial charge in [-0.2, -0.15) is 5.10 Å². The fourth-order valence-corrected chi connectivity index (χ4v) is 5.37. The zero-order chi connectivity index (χ0) is 27.0. The number of anilines is 2. The van der Waals surface area contributed by atoms with Crippen molar-refractivity contribution in [2.24, 2.45) is 0 Å². The summed E-state index contributed by atoms with van der Waals surface area (Å²) in [4.78, 5) is 2.35. The molecule has 38 heavy (non-hydrogen) atoms. The molecule has 4 N–H and O–H groups in total. The summed E-state index contributed by atoms with van der Waals surface area (Å²) in [7, 11) is 2.85. The second-order valence-corrected chi connectivity index (χ2v) is 10.0. The van der Waals surface area contributed by atoms with Crippen molar-refractivity contribution >= 4 is 34.0 Å². The maximum atomic E-state index is 15.1. The van der Waals surface area contributed by atoms with Gasteiger partial charge in [0.05, 0.1) is 24.8 Å². The Morgan fingerprint density at radius 2 is 1.74 bits per heavy atom. The zero-order valence-electron chi connectivity index (χ0n) is 21.7. The molecule has 10 heteroatoms. The SMILES string of the molecule is COc1cc(OC)c(Cl)c(-c2ccc3c(NC(O)c4ccc(N5C[C@@H](C)N[C@@H](C)C5)cc4)n[nH]c3c2)c1F. The topological polar surface area (TPSA) is 94.7 Å². The number of aliphatic hydroxyl groups excluding tert-OH is 1. The van der Waals surface area contributed by atoms with E-state index in [1.54, 1.807) is 18.2 Å². The molecule has 1 aromatic heterocycles. The largest absolute Gasteiger partial charge is 0.495 e. The van der Waals surface area contributed by atoms with E-state index in [2.05, 4.69) is 39.6 Å². The highest BCUT2D eigenvalue weighted by atomic mass is 35.5. The third-order valence-electron chi connectivity index (χ3n) is 6.83. The molecule has 1 saturated heterocycles. The van der Waals surface area contributed by atoms with Crippen LogP contribution in [0.4, 0.5) is 15.9 Å². The molecule has 8 nitrogen and oxygen atoms in total. The number of H-pyrrole nitrogens is 1. The van der Waals surface area contributed by atoms with E-state index < -0.39 is 12.0 Å². The summed E-state index contributed by atoms with van der Waals surface area (Å²) < 4.78 is 25.6. The van der Waals surface area contributed by atoms with Crippen LogP contribution >= 0.6 is 11.6 Å². The Balaban J connectivity index is 1.37. The third-order valence-corrected chi connectivity index (χ3v) is 7.21. The number of rotatable bonds is 7. The molecule has 3 atom stereocenters. The lowest BCUT2D eigenvalue weighted by Gasteiger charge is -2.37. The van der Waals surface area contributed by atoms with E-state index in [0.717, 1.165) is 29.7 Å². The summed E-state index contributed by atoms with van der Waals surface area (Å²) in [6, 6.07) is 15.4. The number of fused-ring (bicyclic) bond motifs is 1. The Hall–Kier alpha value is -3.53. The van der Waals surface area contributed by atoms with Gasteiger partial charge in [0.1, 0.15) is 5.75 Å². The average Bonchev–Trinajstić information content (AvgIpc) is 3.30. The number of piperazine rings is 1. The van der Waals surface area contributed by atoms with Crippen molar-refractivity contribution in [3.8, 4) is 22.6 Å². The van der Waals surface area contributed by atoms with Gasteiger partial charge in [-0.1, -0.05) is 29.8 Å². The van der Waals surface area contributed by atoms with Crippen molar-refractivity contribution in [3.63, 3.8) is 0 Å². The first-order chi connectivity index (χ1) is 18.3. The van der Waals surface area contributed by atoms with Crippen LogP contribution in [0.3, 0.4) is 0 Å². The number of methoxy groups -OCH3 is 2. The molecule has 3 aromatic carbocycles. The number of halogens is 2. The molecular formula is C28H31ClFN5O3. The van der Waals surface area contributed by atoms with Gasteiger partial charge >= 0.3 is 0 Å². The second kappa shape index (κ2) is 10.7. The van der Waals surface area contributed by atoms with Gasteiger partial charge in [-0.3, -0.25) is 5.10 Å². The highest BCUT2D eigenvalue weighted by molar-refractivity contribution is 6.35. The Morgan fingerprint density at radius 1 is 1.05 bits per heavy atom. The van der Waals surface area contributed by atoms with Crippen molar-refractivity contribution in [1.29, 1.82) is 0 Å². The molecule has 0 amide bonds. The van der Waals surface area contributed by atoms with Gasteiger partial charge in [0.25, 0.3) is 0 Å². The monoisotopic (exact) mass is 539 g/mol. The maximum Gasteiger partial charge on any atom is 0.174 e. The number of aromatic amines is 1. The number of ether oxygens (including phenoxy) is 2. The van der Waals surface area contributed by atoms with Gasteiger partial charge in [0, 0.05) is 53.4 Å². The molecule has 0 spiro atoms. The molecule has 0 radical (unpaired) electrons. The normalized spacial score (nSPS) is 18.4. The van der Waals surface area contributed by atoms with Crippen LogP contribution in [0.2, 0.25) is 5.02 Å². The lowest BCUT2D eigenvalue weighted by atomic mass is 10.0. The van der Waals surface area contributed by atoms with Crippen LogP contribution in [0.25, 0.3) is 22.0 Å². The minimum Gasteiger partial charge on any atom is -0.495 e. The van der Waals surface area contributed by atoms with Crippen LogP contribution in [0, 0.1) is 5.82 Å². The van der Waals surface area contributed by atoms with E-state index in [0.29, 0.717) is 34.7 Å². The molecular weight excluding hydrogens is 509 g/mol. The Bertz CT molecular complexity index is 1410. The summed E-state index contributed by atoms with van der Waals surface area (Å²) >= 11 is 6.45. The van der Waals surface area contributed by atoms with E-state index in [-0.39, 0.29) is 16.3 Å². The van der Waals surface area contributed by atoms with E-state index >= 15 is 4.39 Å². The Kier molecular flexibility index (Phi) is 7.34. The minimum atomic E-state index is -0.967. The molecule has 1 aliphatic heterocycles. The van der Waals surface area contributed by atoms with Crippen LogP contribution in [0.1, 0.15) is 25.6 Å². The molecule has 1 fully saturated rings. The van der Waals surface area contributed by atoms with E-state index in [4.69, 9.17) is 21.1 Å². The molecule has 5 rings (SSSR count). The molecule has 4 aromatic rings. The Morgan fingerprint density at radius 3 is 2.39 bits per heavy atom. The first kappa shape index (κ1) is 26.1. The van der Waals surface area contributed by atoms with Crippen molar-refractivity contribution < 1.29 is 19.0 Å². The quantitative estimate of drug-likeness (QED) is 0.236. The lowest BCUT2D eigenvalue weighted by molar-refractivity contribution is 0.208. The summed E-state index contributed by atoms with van der Waals surface area (Å²) in [5.74, 6) is 0.229. The van der Waals surface area contributed by atoms with Crippen LogP contribution in [0.5, 0.6) is 11.5 Å². The predicted molar refractivity (Wildman–Crippen MR) is 149 cm³/mol. The van der Waals surface area contributed by atoms with Crippen LogP contribution in [0.15, 0.2) is 48.5 Å². The zero-order valence-corrected chi connectivity index (χ0v) is 22.4. The molecule has 1 unspecified atom stereocenters.